The largest absolute Gasteiger partial charge is 0.451 e. The van der Waals surface area contributed by atoms with Gasteiger partial charge >= 0.3 is 0 Å². The van der Waals surface area contributed by atoms with Crippen molar-refractivity contribution in [2.45, 2.75) is 12.1 Å². The second kappa shape index (κ2) is 6.35. The summed E-state index contributed by atoms with van der Waals surface area (Å²) in [4.78, 5) is 13.0. The minimum atomic E-state index is -0.512. The molecule has 0 atom stereocenters. The van der Waals surface area contributed by atoms with Crippen LogP contribution in [0.5, 0.6) is 0 Å². The number of nitrogens with one attached hydrogen (secondary N) is 1. The quantitative estimate of drug-likeness (QED) is 0.776. The van der Waals surface area contributed by atoms with Crippen LogP contribution in [0, 0.1) is 0 Å². The van der Waals surface area contributed by atoms with E-state index in [9.17, 15) is 4.79 Å². The molecule has 1 amide bonds. The number of benzene rings is 2. The highest BCUT2D eigenvalue weighted by Crippen LogP contribution is 2.32. The first-order valence-corrected chi connectivity index (χ1v) is 8.19. The molecule has 1 aromatic heterocycles. The number of furan rings is 1. The molecule has 2 aromatic carbocycles. The van der Waals surface area contributed by atoms with E-state index in [1.807, 2.05) is 54.6 Å². The van der Waals surface area contributed by atoms with Crippen molar-refractivity contribution in [2.75, 3.05) is 20.3 Å². The van der Waals surface area contributed by atoms with Gasteiger partial charge in [-0.25, -0.2) is 0 Å². The monoisotopic (exact) mass is 337 g/mol. The summed E-state index contributed by atoms with van der Waals surface area (Å²) in [7, 11) is 1.61. The molecule has 1 fully saturated rings. The minimum absolute atomic E-state index is 0.254. The third-order valence-corrected chi connectivity index (χ3v) is 4.57. The first kappa shape index (κ1) is 15.9. The molecule has 1 aliphatic heterocycles. The van der Waals surface area contributed by atoms with Crippen LogP contribution in [-0.4, -0.2) is 26.2 Å². The molecule has 0 spiro atoms. The zero-order chi connectivity index (χ0) is 17.3. The lowest BCUT2D eigenvalue weighted by Crippen LogP contribution is -2.59. The molecule has 0 radical (unpaired) electrons. The zero-order valence-corrected chi connectivity index (χ0v) is 14.0. The maximum atomic E-state index is 13.0. The van der Waals surface area contributed by atoms with Gasteiger partial charge in [-0.05, 0) is 11.6 Å². The van der Waals surface area contributed by atoms with Crippen molar-refractivity contribution in [1.82, 2.24) is 5.32 Å². The molecule has 5 nitrogen and oxygen atoms in total. The van der Waals surface area contributed by atoms with Gasteiger partial charge in [0, 0.05) is 18.1 Å². The summed E-state index contributed by atoms with van der Waals surface area (Å²) >= 11 is 0. The number of methoxy groups -OCH3 is 1. The fourth-order valence-corrected chi connectivity index (χ4v) is 3.22. The summed E-state index contributed by atoms with van der Waals surface area (Å²) in [5.74, 6) is 0.0423. The van der Waals surface area contributed by atoms with Crippen LogP contribution in [0.3, 0.4) is 0 Å². The van der Waals surface area contributed by atoms with Crippen LogP contribution in [0.1, 0.15) is 21.7 Å². The standard InChI is InChI=1S/C20H19NO4/c1-23-11-16-15-9-5-6-10-17(15)25-18(16)19(22)21-20(12-24-13-20)14-7-3-2-4-8-14/h2-10H,11-13H2,1H3,(H,21,22). The van der Waals surface area contributed by atoms with Gasteiger partial charge in [0.25, 0.3) is 5.91 Å². The van der Waals surface area contributed by atoms with Gasteiger partial charge in [0.15, 0.2) is 5.76 Å². The molecule has 1 saturated heterocycles. The third kappa shape index (κ3) is 2.71. The topological polar surface area (TPSA) is 60.7 Å². The van der Waals surface area contributed by atoms with Gasteiger partial charge in [0.1, 0.15) is 11.1 Å². The Labute approximate surface area is 145 Å². The summed E-state index contributed by atoms with van der Waals surface area (Å²) in [6.45, 7) is 1.21. The molecule has 5 heteroatoms. The SMILES string of the molecule is COCc1c(C(=O)NC2(c3ccccc3)COC2)oc2ccccc12. The van der Waals surface area contributed by atoms with Gasteiger partial charge in [-0.3, -0.25) is 4.79 Å². The molecule has 1 aliphatic rings. The van der Waals surface area contributed by atoms with Crippen LogP contribution < -0.4 is 5.32 Å². The zero-order valence-electron chi connectivity index (χ0n) is 14.0. The molecule has 1 N–H and O–H groups in total. The van der Waals surface area contributed by atoms with Crippen LogP contribution in [0.25, 0.3) is 11.0 Å². The van der Waals surface area contributed by atoms with E-state index >= 15 is 0 Å². The Morgan fingerprint density at radius 2 is 1.84 bits per heavy atom. The second-order valence-corrected chi connectivity index (χ2v) is 6.23. The first-order chi connectivity index (χ1) is 12.2. The van der Waals surface area contributed by atoms with Crippen LogP contribution in [0.15, 0.2) is 59.0 Å². The van der Waals surface area contributed by atoms with E-state index in [0.29, 0.717) is 31.2 Å². The second-order valence-electron chi connectivity index (χ2n) is 6.23. The first-order valence-electron chi connectivity index (χ1n) is 8.19. The summed E-state index contributed by atoms with van der Waals surface area (Å²) < 4.78 is 16.5. The highest BCUT2D eigenvalue weighted by Gasteiger charge is 2.42. The normalized spacial score (nSPS) is 15.7. The number of para-hydroxylation sites is 1. The highest BCUT2D eigenvalue weighted by atomic mass is 16.5. The van der Waals surface area contributed by atoms with Crippen LogP contribution in [-0.2, 0) is 21.6 Å². The molecular formula is C20H19NO4. The number of hydrogen-bond acceptors (Lipinski definition) is 4. The third-order valence-electron chi connectivity index (χ3n) is 4.57. The average Bonchev–Trinajstić information content (AvgIpc) is 2.98. The minimum Gasteiger partial charge on any atom is -0.451 e. The Morgan fingerprint density at radius 3 is 2.52 bits per heavy atom. The number of hydrogen-bond donors (Lipinski definition) is 1. The molecule has 25 heavy (non-hydrogen) atoms. The molecule has 128 valence electrons. The smallest absolute Gasteiger partial charge is 0.288 e. The van der Waals surface area contributed by atoms with Crippen LogP contribution in [0.4, 0.5) is 0 Å². The number of ether oxygens (including phenoxy) is 2. The maximum Gasteiger partial charge on any atom is 0.288 e. The number of carbonyl (C=O) groups is 1. The van der Waals surface area contributed by atoms with Gasteiger partial charge in [0.05, 0.1) is 19.8 Å². The Bertz CT molecular complexity index is 896. The Kier molecular flexibility index (Phi) is 4.03. The van der Waals surface area contributed by atoms with Crippen molar-refractivity contribution in [2.24, 2.45) is 0 Å². The van der Waals surface area contributed by atoms with E-state index in [2.05, 4.69) is 5.32 Å². The van der Waals surface area contributed by atoms with Crippen molar-refractivity contribution in [3.05, 3.63) is 71.5 Å². The highest BCUT2D eigenvalue weighted by molar-refractivity contribution is 5.99. The van der Waals surface area contributed by atoms with Crippen molar-refractivity contribution >= 4 is 16.9 Å². The van der Waals surface area contributed by atoms with Gasteiger partial charge in [-0.1, -0.05) is 48.5 Å². The lowest BCUT2D eigenvalue weighted by atomic mass is 9.87. The van der Waals surface area contributed by atoms with Gasteiger partial charge in [0.2, 0.25) is 0 Å². The Balaban J connectivity index is 1.69. The predicted molar refractivity (Wildman–Crippen MR) is 93.3 cm³/mol. The Hall–Kier alpha value is -2.63. The molecule has 3 aromatic rings. The Morgan fingerprint density at radius 1 is 1.12 bits per heavy atom. The lowest BCUT2D eigenvalue weighted by molar-refractivity contribution is -0.0736. The van der Waals surface area contributed by atoms with Crippen molar-refractivity contribution in [1.29, 1.82) is 0 Å². The van der Waals surface area contributed by atoms with Crippen LogP contribution >= 0.6 is 0 Å². The average molecular weight is 337 g/mol. The van der Waals surface area contributed by atoms with E-state index in [-0.39, 0.29) is 5.91 Å². The van der Waals surface area contributed by atoms with Crippen LogP contribution in [0.2, 0.25) is 0 Å². The van der Waals surface area contributed by atoms with Crippen molar-refractivity contribution < 1.29 is 18.7 Å². The molecular weight excluding hydrogens is 318 g/mol. The van der Waals surface area contributed by atoms with E-state index in [4.69, 9.17) is 13.9 Å². The number of carbonyl (C=O) groups excluding carboxylic acids is 1. The molecule has 0 aliphatic carbocycles. The summed E-state index contributed by atoms with van der Waals surface area (Å²) in [5.41, 5.74) is 1.96. The molecule has 0 bridgehead atoms. The fourth-order valence-electron chi connectivity index (χ4n) is 3.22. The summed E-state index contributed by atoms with van der Waals surface area (Å²) in [6, 6.07) is 17.5. The predicted octanol–water partition coefficient (Wildman–Crippen LogP) is 3.23. The maximum absolute atomic E-state index is 13.0. The molecule has 2 heterocycles. The van der Waals surface area contributed by atoms with E-state index in [1.54, 1.807) is 7.11 Å². The van der Waals surface area contributed by atoms with Gasteiger partial charge in [-0.2, -0.15) is 0 Å². The van der Waals surface area contributed by atoms with Gasteiger partial charge < -0.3 is 19.2 Å². The van der Waals surface area contributed by atoms with E-state index in [1.165, 1.54) is 0 Å². The molecule has 4 rings (SSSR count). The number of rotatable bonds is 5. The number of amides is 1. The molecule has 0 unspecified atom stereocenters. The van der Waals surface area contributed by atoms with Crippen molar-refractivity contribution in [3.63, 3.8) is 0 Å². The number of fused-ring (bicyclic) bond motifs is 1. The summed E-state index contributed by atoms with van der Waals surface area (Å²) in [5, 5.41) is 4.01. The van der Waals surface area contributed by atoms with E-state index in [0.717, 1.165) is 16.5 Å². The fraction of sp³-hybridized carbons (Fsp3) is 0.250. The molecule has 0 saturated carbocycles. The summed E-state index contributed by atoms with van der Waals surface area (Å²) in [6.07, 6.45) is 0. The lowest BCUT2D eigenvalue weighted by Gasteiger charge is -2.42. The van der Waals surface area contributed by atoms with Gasteiger partial charge in [-0.15, -0.1) is 0 Å². The van der Waals surface area contributed by atoms with Crippen molar-refractivity contribution in [3.8, 4) is 0 Å². The van der Waals surface area contributed by atoms with E-state index < -0.39 is 5.54 Å².